The Balaban J connectivity index is 2.85. The van der Waals surface area contributed by atoms with E-state index in [1.165, 1.54) is 11.8 Å². The highest BCUT2D eigenvalue weighted by molar-refractivity contribution is 8.00. The van der Waals surface area contributed by atoms with Crippen LogP contribution in [0.4, 0.5) is 5.69 Å². The van der Waals surface area contributed by atoms with Crippen LogP contribution in [0, 0.1) is 0 Å². The number of amides is 1. The number of anilines is 1. The number of hydrogen-bond acceptors (Lipinski definition) is 3. The molecule has 0 saturated carbocycles. The van der Waals surface area contributed by atoms with E-state index in [0.29, 0.717) is 10.7 Å². The topological polar surface area (TPSA) is 69.1 Å². The van der Waals surface area contributed by atoms with Crippen LogP contribution in [0.5, 0.6) is 0 Å². The lowest BCUT2D eigenvalue weighted by atomic mass is 10.3. The van der Waals surface area contributed by atoms with Crippen molar-refractivity contribution in [1.29, 1.82) is 0 Å². The zero-order valence-corrected chi connectivity index (χ0v) is 9.23. The smallest absolute Gasteiger partial charge is 0.230 e. The summed E-state index contributed by atoms with van der Waals surface area (Å²) in [5.74, 6) is -0.367. The largest absolute Gasteiger partial charge is 0.399 e. The van der Waals surface area contributed by atoms with Gasteiger partial charge >= 0.3 is 0 Å². The van der Waals surface area contributed by atoms with Crippen LogP contribution in [0.15, 0.2) is 23.1 Å². The van der Waals surface area contributed by atoms with Crippen LogP contribution in [0.1, 0.15) is 6.92 Å². The van der Waals surface area contributed by atoms with Gasteiger partial charge in [0.25, 0.3) is 0 Å². The van der Waals surface area contributed by atoms with E-state index in [4.69, 9.17) is 23.1 Å². The normalized spacial score (nSPS) is 12.4. The number of primary amides is 1. The van der Waals surface area contributed by atoms with Crippen LogP contribution in [0.3, 0.4) is 0 Å². The third kappa shape index (κ3) is 2.82. The Kier molecular flexibility index (Phi) is 3.66. The van der Waals surface area contributed by atoms with Gasteiger partial charge in [0.05, 0.1) is 10.3 Å². The maximum atomic E-state index is 10.8. The molecule has 0 aromatic heterocycles. The SMILES string of the molecule is CC(Sc1cc(N)ccc1Cl)C(N)=O. The Hall–Kier alpha value is -0.870. The molecule has 1 aromatic rings. The lowest BCUT2D eigenvalue weighted by molar-refractivity contribution is -0.117. The minimum Gasteiger partial charge on any atom is -0.399 e. The molecule has 4 N–H and O–H groups in total. The summed E-state index contributed by atoms with van der Waals surface area (Å²) >= 11 is 7.22. The number of nitrogen functional groups attached to an aromatic ring is 1. The molecule has 0 radical (unpaired) electrons. The lowest BCUT2D eigenvalue weighted by Gasteiger charge is -2.08. The molecule has 1 rings (SSSR count). The molecule has 0 aliphatic carbocycles. The first-order valence-corrected chi connectivity index (χ1v) is 5.27. The zero-order valence-electron chi connectivity index (χ0n) is 7.66. The minimum atomic E-state index is -0.367. The van der Waals surface area contributed by atoms with Gasteiger partial charge in [-0.1, -0.05) is 11.6 Å². The summed E-state index contributed by atoms with van der Waals surface area (Å²) < 4.78 is 0. The van der Waals surface area contributed by atoms with Crippen molar-refractivity contribution in [3.05, 3.63) is 23.2 Å². The molecule has 1 amide bonds. The Bertz CT molecular complexity index is 357. The van der Waals surface area contributed by atoms with Crippen molar-refractivity contribution in [3.8, 4) is 0 Å². The third-order valence-corrected chi connectivity index (χ3v) is 3.28. The van der Waals surface area contributed by atoms with Gasteiger partial charge in [0.15, 0.2) is 0 Å². The van der Waals surface area contributed by atoms with Crippen molar-refractivity contribution < 1.29 is 4.79 Å². The quantitative estimate of drug-likeness (QED) is 0.616. The van der Waals surface area contributed by atoms with Gasteiger partial charge < -0.3 is 11.5 Å². The van der Waals surface area contributed by atoms with Crippen LogP contribution in [0.25, 0.3) is 0 Å². The number of halogens is 1. The number of rotatable bonds is 3. The minimum absolute atomic E-state index is 0.311. The Morgan fingerprint density at radius 1 is 1.57 bits per heavy atom. The van der Waals surface area contributed by atoms with E-state index in [1.807, 2.05) is 0 Å². The summed E-state index contributed by atoms with van der Waals surface area (Å²) in [7, 11) is 0. The molecule has 0 aliphatic rings. The predicted molar refractivity (Wildman–Crippen MR) is 60.4 cm³/mol. The van der Waals surface area contributed by atoms with Gasteiger partial charge in [-0.2, -0.15) is 0 Å². The van der Waals surface area contributed by atoms with E-state index in [0.717, 1.165) is 4.90 Å². The van der Waals surface area contributed by atoms with Gasteiger partial charge in [-0.25, -0.2) is 0 Å². The number of carbonyl (C=O) groups is 1. The van der Waals surface area contributed by atoms with Crippen molar-refractivity contribution in [2.75, 3.05) is 5.73 Å². The molecule has 0 bridgehead atoms. The van der Waals surface area contributed by atoms with Crippen molar-refractivity contribution in [1.82, 2.24) is 0 Å². The first-order chi connectivity index (χ1) is 6.50. The maximum Gasteiger partial charge on any atom is 0.230 e. The number of hydrogen-bond donors (Lipinski definition) is 2. The molecule has 14 heavy (non-hydrogen) atoms. The van der Waals surface area contributed by atoms with Gasteiger partial charge in [-0.3, -0.25) is 4.79 Å². The van der Waals surface area contributed by atoms with E-state index < -0.39 is 0 Å². The summed E-state index contributed by atoms with van der Waals surface area (Å²) in [4.78, 5) is 11.6. The monoisotopic (exact) mass is 230 g/mol. The Morgan fingerprint density at radius 3 is 2.79 bits per heavy atom. The molecular weight excluding hydrogens is 220 g/mol. The van der Waals surface area contributed by atoms with E-state index in [2.05, 4.69) is 0 Å². The summed E-state index contributed by atoms with van der Waals surface area (Å²) in [6, 6.07) is 5.14. The molecule has 76 valence electrons. The molecule has 0 saturated heterocycles. The molecule has 1 atom stereocenters. The Morgan fingerprint density at radius 2 is 2.21 bits per heavy atom. The molecular formula is C9H11ClN2OS. The van der Waals surface area contributed by atoms with Crippen molar-refractivity contribution in [2.45, 2.75) is 17.1 Å². The summed E-state index contributed by atoms with van der Waals surface area (Å²) in [5, 5.41) is 0.270. The molecule has 0 heterocycles. The highest BCUT2D eigenvalue weighted by atomic mass is 35.5. The predicted octanol–water partition coefficient (Wildman–Crippen LogP) is 1.89. The first kappa shape index (κ1) is 11.2. The number of benzene rings is 1. The fourth-order valence-electron chi connectivity index (χ4n) is 0.859. The molecule has 1 aromatic carbocycles. The summed E-state index contributed by atoms with van der Waals surface area (Å²) in [6.45, 7) is 1.73. The standard InChI is InChI=1S/C9H11ClN2OS/c1-5(9(12)13)14-8-4-6(11)2-3-7(8)10/h2-5H,11H2,1H3,(H2,12,13). The molecule has 3 nitrogen and oxygen atoms in total. The van der Waals surface area contributed by atoms with Crippen LogP contribution >= 0.6 is 23.4 Å². The fourth-order valence-corrected chi connectivity index (χ4v) is 1.99. The zero-order chi connectivity index (χ0) is 10.7. The fraction of sp³-hybridized carbons (Fsp3) is 0.222. The maximum absolute atomic E-state index is 10.8. The van der Waals surface area contributed by atoms with Gasteiger partial charge in [0, 0.05) is 10.6 Å². The highest BCUT2D eigenvalue weighted by Crippen LogP contribution is 2.31. The van der Waals surface area contributed by atoms with Gasteiger partial charge in [0.2, 0.25) is 5.91 Å². The van der Waals surface area contributed by atoms with Crippen molar-refractivity contribution in [2.24, 2.45) is 5.73 Å². The average Bonchev–Trinajstić information content (AvgIpc) is 2.11. The average molecular weight is 231 g/mol. The summed E-state index contributed by atoms with van der Waals surface area (Å²) in [6.07, 6.45) is 0. The lowest BCUT2D eigenvalue weighted by Crippen LogP contribution is -2.22. The molecule has 0 aliphatic heterocycles. The highest BCUT2D eigenvalue weighted by Gasteiger charge is 2.12. The number of thioether (sulfide) groups is 1. The van der Waals surface area contributed by atoms with Gasteiger partial charge in [-0.05, 0) is 25.1 Å². The second-order valence-electron chi connectivity index (χ2n) is 2.85. The second kappa shape index (κ2) is 4.57. The van der Waals surface area contributed by atoms with E-state index in [9.17, 15) is 4.79 Å². The van der Waals surface area contributed by atoms with E-state index in [1.54, 1.807) is 25.1 Å². The molecule has 5 heteroatoms. The van der Waals surface area contributed by atoms with Crippen molar-refractivity contribution in [3.63, 3.8) is 0 Å². The number of nitrogens with two attached hydrogens (primary N) is 2. The Labute approximate surface area is 91.8 Å². The third-order valence-electron chi connectivity index (χ3n) is 1.66. The van der Waals surface area contributed by atoms with E-state index >= 15 is 0 Å². The van der Waals surface area contributed by atoms with Crippen LogP contribution in [0.2, 0.25) is 5.02 Å². The summed E-state index contributed by atoms with van der Waals surface area (Å²) in [5.41, 5.74) is 11.3. The van der Waals surface area contributed by atoms with Crippen LogP contribution in [-0.4, -0.2) is 11.2 Å². The van der Waals surface area contributed by atoms with Crippen LogP contribution in [-0.2, 0) is 4.79 Å². The van der Waals surface area contributed by atoms with E-state index in [-0.39, 0.29) is 11.2 Å². The molecule has 1 unspecified atom stereocenters. The van der Waals surface area contributed by atoms with Gasteiger partial charge in [0.1, 0.15) is 0 Å². The van der Waals surface area contributed by atoms with Crippen LogP contribution < -0.4 is 11.5 Å². The molecule has 0 fully saturated rings. The number of carbonyl (C=O) groups excluding carboxylic acids is 1. The van der Waals surface area contributed by atoms with Gasteiger partial charge in [-0.15, -0.1) is 11.8 Å². The second-order valence-corrected chi connectivity index (χ2v) is 4.64. The van der Waals surface area contributed by atoms with Crippen molar-refractivity contribution >= 4 is 35.0 Å². The molecule has 0 spiro atoms. The first-order valence-electron chi connectivity index (χ1n) is 4.01.